The van der Waals surface area contributed by atoms with Gasteiger partial charge in [-0.3, -0.25) is 0 Å². The lowest BCUT2D eigenvalue weighted by atomic mass is 9.90. The first-order valence-electron chi connectivity index (χ1n) is 10.3. The second-order valence-corrected chi connectivity index (χ2v) is 9.48. The fraction of sp³-hybridized carbons (Fsp3) is 0.417. The number of rotatable bonds is 5. The Morgan fingerprint density at radius 3 is 2.55 bits per heavy atom. The van der Waals surface area contributed by atoms with Crippen LogP contribution in [0.25, 0.3) is 22.0 Å². The summed E-state index contributed by atoms with van der Waals surface area (Å²) in [5.74, 6) is 2.35. The molecule has 0 saturated carbocycles. The molecule has 1 aromatic carbocycles. The van der Waals surface area contributed by atoms with Gasteiger partial charge in [-0.25, -0.2) is 9.97 Å². The molecule has 1 aliphatic heterocycles. The van der Waals surface area contributed by atoms with Crippen molar-refractivity contribution >= 4 is 16.6 Å². The van der Waals surface area contributed by atoms with Crippen molar-refractivity contribution in [2.75, 3.05) is 25.0 Å². The molecule has 0 amide bonds. The average molecular weight is 390 g/mol. The van der Waals surface area contributed by atoms with Gasteiger partial charge in [0.05, 0.1) is 11.9 Å². The van der Waals surface area contributed by atoms with Crippen LogP contribution in [-0.2, 0) is 7.05 Å². The summed E-state index contributed by atoms with van der Waals surface area (Å²) in [5, 5.41) is 5.73. The Balaban J connectivity index is 1.47. The van der Waals surface area contributed by atoms with Gasteiger partial charge in [0, 0.05) is 55.4 Å². The molecule has 0 bridgehead atoms. The number of nitrogens with zero attached hydrogens (tertiary/aromatic N) is 4. The standard InChI is InChI=1S/C24H31N5/c1-16(21-13-29(14-21)15-24(3,4)5)27-23-10-20-9-18(7-8-19(20)11-26-23)22-12-25-17(2)28(22)6/h7-12,21H,1,13-15H2,2-6H3,(H,26,27). The minimum atomic E-state index is 0.337. The van der Waals surface area contributed by atoms with E-state index in [-0.39, 0.29) is 0 Å². The molecule has 1 aliphatic rings. The highest BCUT2D eigenvalue weighted by atomic mass is 15.2. The molecule has 0 unspecified atom stereocenters. The normalized spacial score (nSPS) is 15.5. The molecule has 0 radical (unpaired) electrons. The minimum absolute atomic E-state index is 0.337. The van der Waals surface area contributed by atoms with E-state index < -0.39 is 0 Å². The third-order valence-electron chi connectivity index (χ3n) is 5.67. The van der Waals surface area contributed by atoms with Crippen molar-refractivity contribution in [3.05, 3.63) is 54.8 Å². The van der Waals surface area contributed by atoms with Gasteiger partial charge < -0.3 is 14.8 Å². The second-order valence-electron chi connectivity index (χ2n) is 9.48. The van der Waals surface area contributed by atoms with Gasteiger partial charge in [-0.1, -0.05) is 39.5 Å². The SMILES string of the molecule is C=C(Nc1cc2cc(-c3cnc(C)n3C)ccc2cn1)C1CN(CC(C)(C)C)C1. The van der Waals surface area contributed by atoms with Crippen LogP contribution in [0, 0.1) is 18.3 Å². The van der Waals surface area contributed by atoms with E-state index in [0.29, 0.717) is 11.3 Å². The van der Waals surface area contributed by atoms with Crippen molar-refractivity contribution in [2.45, 2.75) is 27.7 Å². The third-order valence-corrected chi connectivity index (χ3v) is 5.67. The van der Waals surface area contributed by atoms with E-state index in [0.717, 1.165) is 59.0 Å². The van der Waals surface area contributed by atoms with E-state index in [4.69, 9.17) is 0 Å². The summed E-state index contributed by atoms with van der Waals surface area (Å²) in [6.07, 6.45) is 3.86. The highest BCUT2D eigenvalue weighted by Gasteiger charge is 2.31. The third kappa shape index (κ3) is 4.20. The Labute approximate surface area is 173 Å². The minimum Gasteiger partial charge on any atom is -0.344 e. The van der Waals surface area contributed by atoms with Gasteiger partial charge in [0.25, 0.3) is 0 Å². The topological polar surface area (TPSA) is 46.0 Å². The van der Waals surface area contributed by atoms with Crippen LogP contribution in [0.1, 0.15) is 26.6 Å². The molecule has 29 heavy (non-hydrogen) atoms. The van der Waals surface area contributed by atoms with Crippen LogP contribution in [0.15, 0.2) is 48.9 Å². The molecule has 5 nitrogen and oxygen atoms in total. The number of benzene rings is 1. The Morgan fingerprint density at radius 1 is 1.14 bits per heavy atom. The maximum absolute atomic E-state index is 4.59. The molecule has 0 spiro atoms. The summed E-state index contributed by atoms with van der Waals surface area (Å²) in [7, 11) is 2.05. The molecule has 0 atom stereocenters. The Morgan fingerprint density at radius 2 is 1.90 bits per heavy atom. The lowest BCUT2D eigenvalue weighted by molar-refractivity contribution is 0.0826. The zero-order valence-corrected chi connectivity index (χ0v) is 18.2. The summed E-state index contributed by atoms with van der Waals surface area (Å²) in [4.78, 5) is 11.5. The first-order chi connectivity index (χ1) is 13.7. The zero-order chi connectivity index (χ0) is 20.8. The van der Waals surface area contributed by atoms with Crippen molar-refractivity contribution in [2.24, 2.45) is 18.4 Å². The monoisotopic (exact) mass is 389 g/mol. The van der Waals surface area contributed by atoms with Crippen LogP contribution in [0.4, 0.5) is 5.82 Å². The highest BCUT2D eigenvalue weighted by Crippen LogP contribution is 2.29. The quantitative estimate of drug-likeness (QED) is 0.678. The smallest absolute Gasteiger partial charge is 0.130 e. The molecule has 5 heteroatoms. The first kappa shape index (κ1) is 19.6. The Bertz CT molecular complexity index is 1050. The highest BCUT2D eigenvalue weighted by molar-refractivity contribution is 5.88. The van der Waals surface area contributed by atoms with Gasteiger partial charge in [0.2, 0.25) is 0 Å². The molecule has 152 valence electrons. The maximum Gasteiger partial charge on any atom is 0.130 e. The van der Waals surface area contributed by atoms with Crippen LogP contribution < -0.4 is 5.32 Å². The van der Waals surface area contributed by atoms with Crippen molar-refractivity contribution in [1.29, 1.82) is 0 Å². The van der Waals surface area contributed by atoms with Gasteiger partial charge in [-0.05, 0) is 29.9 Å². The number of hydrogen-bond acceptors (Lipinski definition) is 4. The van der Waals surface area contributed by atoms with Crippen molar-refractivity contribution < 1.29 is 0 Å². The molecular weight excluding hydrogens is 358 g/mol. The molecule has 4 rings (SSSR count). The van der Waals surface area contributed by atoms with Crippen LogP contribution in [0.5, 0.6) is 0 Å². The molecule has 1 N–H and O–H groups in total. The number of imidazole rings is 1. The molecule has 2 aromatic heterocycles. The van der Waals surface area contributed by atoms with E-state index in [1.165, 1.54) is 0 Å². The molecule has 1 saturated heterocycles. The van der Waals surface area contributed by atoms with E-state index in [1.807, 2.05) is 26.4 Å². The number of fused-ring (bicyclic) bond motifs is 1. The van der Waals surface area contributed by atoms with Gasteiger partial charge in [-0.15, -0.1) is 0 Å². The van der Waals surface area contributed by atoms with Crippen LogP contribution in [-0.4, -0.2) is 39.1 Å². The first-order valence-corrected chi connectivity index (χ1v) is 10.3. The predicted octanol–water partition coefficient (Wildman–Crippen LogP) is 4.85. The van der Waals surface area contributed by atoms with Crippen LogP contribution >= 0.6 is 0 Å². The van der Waals surface area contributed by atoms with Gasteiger partial charge >= 0.3 is 0 Å². The van der Waals surface area contributed by atoms with Gasteiger partial charge in [0.15, 0.2) is 0 Å². The summed E-state index contributed by atoms with van der Waals surface area (Å²) in [5.41, 5.74) is 3.67. The number of nitrogens with one attached hydrogen (secondary N) is 1. The van der Waals surface area contributed by atoms with Crippen molar-refractivity contribution in [3.63, 3.8) is 0 Å². The summed E-state index contributed by atoms with van der Waals surface area (Å²) < 4.78 is 2.11. The molecule has 3 heterocycles. The predicted molar refractivity (Wildman–Crippen MR) is 121 cm³/mol. The summed E-state index contributed by atoms with van der Waals surface area (Å²) in [6.45, 7) is 16.4. The van der Waals surface area contributed by atoms with E-state index in [1.54, 1.807) is 0 Å². The van der Waals surface area contributed by atoms with Crippen LogP contribution in [0.3, 0.4) is 0 Å². The number of hydrogen-bond donors (Lipinski definition) is 1. The zero-order valence-electron chi connectivity index (χ0n) is 18.2. The number of likely N-dealkylation sites (tertiary alicyclic amines) is 1. The maximum atomic E-state index is 4.59. The second kappa shape index (κ2) is 7.30. The summed E-state index contributed by atoms with van der Waals surface area (Å²) >= 11 is 0. The lowest BCUT2D eigenvalue weighted by Crippen LogP contribution is -2.51. The lowest BCUT2D eigenvalue weighted by Gasteiger charge is -2.43. The Kier molecular flexibility index (Phi) is 4.95. The number of aryl methyl sites for hydroxylation is 1. The Hall–Kier alpha value is -2.66. The molecule has 1 fully saturated rings. The van der Waals surface area contributed by atoms with E-state index >= 15 is 0 Å². The average Bonchev–Trinajstić information content (AvgIpc) is 2.95. The van der Waals surface area contributed by atoms with Gasteiger partial charge in [-0.2, -0.15) is 0 Å². The molecule has 3 aromatic rings. The molecule has 0 aliphatic carbocycles. The van der Waals surface area contributed by atoms with Crippen molar-refractivity contribution in [1.82, 2.24) is 19.4 Å². The summed E-state index contributed by atoms with van der Waals surface area (Å²) in [6, 6.07) is 8.56. The van der Waals surface area contributed by atoms with E-state index in [9.17, 15) is 0 Å². The number of pyridine rings is 1. The van der Waals surface area contributed by atoms with E-state index in [2.05, 4.69) is 76.4 Å². The fourth-order valence-electron chi connectivity index (χ4n) is 4.00. The number of aromatic nitrogens is 3. The molecular formula is C24H31N5. The number of anilines is 1. The van der Waals surface area contributed by atoms with Crippen molar-refractivity contribution in [3.8, 4) is 11.3 Å². The largest absolute Gasteiger partial charge is 0.344 e. The fourth-order valence-corrected chi connectivity index (χ4v) is 4.00. The van der Waals surface area contributed by atoms with Crippen LogP contribution in [0.2, 0.25) is 0 Å². The van der Waals surface area contributed by atoms with Gasteiger partial charge in [0.1, 0.15) is 11.6 Å².